The van der Waals surface area contributed by atoms with E-state index in [1.165, 1.54) is 30.4 Å². The molecular weight excluding hydrogens is 350 g/mol. The third kappa shape index (κ3) is 3.57. The largest absolute Gasteiger partial charge is 0.497 e. The van der Waals surface area contributed by atoms with Gasteiger partial charge in [-0.3, -0.25) is 4.79 Å². The van der Waals surface area contributed by atoms with Gasteiger partial charge in [0.05, 0.1) is 19.8 Å². The molecule has 2 aromatic carbocycles. The number of carbonyl (C=O) groups excluding carboxylic acids is 1. The Morgan fingerprint density at radius 3 is 2.30 bits per heavy atom. The van der Waals surface area contributed by atoms with Crippen molar-refractivity contribution in [2.45, 2.75) is 0 Å². The van der Waals surface area contributed by atoms with Crippen LogP contribution < -0.4 is 19.6 Å². The number of methoxy groups -OCH3 is 2. The molecule has 0 unspecified atom stereocenters. The average Bonchev–Trinajstić information content (AvgIpc) is 2.67. The minimum atomic E-state index is -0.548. The summed E-state index contributed by atoms with van der Waals surface area (Å²) in [4.78, 5) is 26.1. The molecule has 1 aromatic heterocycles. The van der Waals surface area contributed by atoms with Gasteiger partial charge in [-0.1, -0.05) is 12.1 Å². The van der Waals surface area contributed by atoms with Gasteiger partial charge in [-0.25, -0.2) is 4.79 Å². The van der Waals surface area contributed by atoms with Crippen LogP contribution in [0.15, 0.2) is 51.9 Å². The van der Waals surface area contributed by atoms with Gasteiger partial charge in [-0.15, -0.1) is 0 Å². The Morgan fingerprint density at radius 1 is 1.00 bits per heavy atom. The molecule has 0 aliphatic rings. The second-order valence-corrected chi connectivity index (χ2v) is 5.97. The zero-order valence-electron chi connectivity index (χ0n) is 15.4. The Morgan fingerprint density at radius 2 is 1.70 bits per heavy atom. The number of fused-ring (bicyclic) bond motifs is 1. The van der Waals surface area contributed by atoms with Crippen LogP contribution in [0, 0.1) is 0 Å². The predicted molar refractivity (Wildman–Crippen MR) is 101 cm³/mol. The van der Waals surface area contributed by atoms with E-state index in [-0.39, 0.29) is 27.9 Å². The molecule has 27 heavy (non-hydrogen) atoms. The van der Waals surface area contributed by atoms with E-state index in [2.05, 4.69) is 0 Å². The van der Waals surface area contributed by atoms with Gasteiger partial charge in [-0.2, -0.15) is 0 Å². The molecule has 0 atom stereocenters. The number of nitrogens with zero attached hydrogens (tertiary/aromatic N) is 1. The first-order valence-electron chi connectivity index (χ1n) is 8.11. The summed E-state index contributed by atoms with van der Waals surface area (Å²) in [6.07, 6.45) is 0.831. The predicted octanol–water partition coefficient (Wildman–Crippen LogP) is 3.54. The van der Waals surface area contributed by atoms with E-state index in [1.807, 2.05) is 0 Å². The summed E-state index contributed by atoms with van der Waals surface area (Å²) in [5.41, 5.74) is 1.10. The normalized spacial score (nSPS) is 10.5. The fourth-order valence-corrected chi connectivity index (χ4v) is 2.57. The summed E-state index contributed by atoms with van der Waals surface area (Å²) in [6.45, 7) is 0. The van der Waals surface area contributed by atoms with Crippen LogP contribution in [-0.2, 0) is 0 Å². The fraction of sp³-hybridized carbons (Fsp3) is 0.200. The quantitative estimate of drug-likeness (QED) is 0.700. The van der Waals surface area contributed by atoms with Gasteiger partial charge >= 0.3 is 6.09 Å². The minimum absolute atomic E-state index is 0.221. The summed E-state index contributed by atoms with van der Waals surface area (Å²) in [5, 5.41) is 0.274. The second kappa shape index (κ2) is 7.41. The molecule has 3 aromatic rings. The van der Waals surface area contributed by atoms with Crippen LogP contribution in [0.4, 0.5) is 4.79 Å². The summed E-state index contributed by atoms with van der Waals surface area (Å²) in [7, 11) is 6.15. The van der Waals surface area contributed by atoms with Gasteiger partial charge in [0.15, 0.2) is 0 Å². The molecule has 7 nitrogen and oxygen atoms in total. The van der Waals surface area contributed by atoms with Gasteiger partial charge in [0.25, 0.3) is 0 Å². The number of hydrogen-bond donors (Lipinski definition) is 0. The molecule has 0 fully saturated rings. The van der Waals surface area contributed by atoms with Gasteiger partial charge in [-0.05, 0) is 17.7 Å². The van der Waals surface area contributed by atoms with Crippen LogP contribution in [-0.4, -0.2) is 39.3 Å². The monoisotopic (exact) mass is 369 g/mol. The molecule has 0 N–H and O–H groups in total. The highest BCUT2D eigenvalue weighted by molar-refractivity contribution is 5.89. The number of amides is 1. The minimum Gasteiger partial charge on any atom is -0.497 e. The van der Waals surface area contributed by atoms with E-state index >= 15 is 0 Å². The van der Waals surface area contributed by atoms with Gasteiger partial charge in [0.1, 0.15) is 34.5 Å². The van der Waals surface area contributed by atoms with Crippen molar-refractivity contribution in [3.8, 4) is 28.4 Å². The SMILES string of the molecule is COc1ccc(-c2coc3cc(OC(=O)N(C)C)cc(OC)c3c2=O)cc1. The molecule has 0 spiro atoms. The Labute approximate surface area is 155 Å². The van der Waals surface area contributed by atoms with Crippen molar-refractivity contribution in [3.05, 3.63) is 52.9 Å². The first kappa shape index (κ1) is 18.3. The van der Waals surface area contributed by atoms with Crippen molar-refractivity contribution >= 4 is 17.1 Å². The lowest BCUT2D eigenvalue weighted by atomic mass is 10.0. The number of carbonyl (C=O) groups is 1. The summed E-state index contributed by atoms with van der Waals surface area (Å²) < 4.78 is 21.4. The zero-order chi connectivity index (χ0) is 19.6. The first-order valence-corrected chi connectivity index (χ1v) is 8.11. The lowest BCUT2D eigenvalue weighted by Gasteiger charge is -2.13. The molecule has 0 bridgehead atoms. The van der Waals surface area contributed by atoms with E-state index in [1.54, 1.807) is 45.5 Å². The third-order valence-electron chi connectivity index (χ3n) is 4.01. The molecule has 1 heterocycles. The van der Waals surface area contributed by atoms with Crippen LogP contribution in [0.25, 0.3) is 22.1 Å². The molecule has 0 radical (unpaired) electrons. The van der Waals surface area contributed by atoms with Crippen molar-refractivity contribution in [1.29, 1.82) is 0 Å². The van der Waals surface area contributed by atoms with Crippen LogP contribution >= 0.6 is 0 Å². The molecule has 7 heteroatoms. The Balaban J connectivity index is 2.12. The first-order chi connectivity index (χ1) is 12.9. The van der Waals surface area contributed by atoms with Crippen molar-refractivity contribution < 1.29 is 23.4 Å². The maximum atomic E-state index is 13.0. The van der Waals surface area contributed by atoms with Crippen LogP contribution in [0.5, 0.6) is 17.2 Å². The fourth-order valence-electron chi connectivity index (χ4n) is 2.57. The van der Waals surface area contributed by atoms with Crippen molar-refractivity contribution in [1.82, 2.24) is 4.90 Å². The van der Waals surface area contributed by atoms with E-state index in [0.717, 1.165) is 0 Å². The Hall–Kier alpha value is -3.48. The standard InChI is InChI=1S/C20H19NO6/c1-21(2)20(23)27-14-9-16(25-4)18-17(10-14)26-11-15(19(18)22)12-5-7-13(24-3)8-6-12/h5-11H,1-4H3. The molecule has 0 saturated heterocycles. The molecule has 140 valence electrons. The Bertz CT molecular complexity index is 1040. The van der Waals surface area contributed by atoms with E-state index in [0.29, 0.717) is 16.9 Å². The summed E-state index contributed by atoms with van der Waals surface area (Å²) in [6, 6.07) is 10.0. The van der Waals surface area contributed by atoms with E-state index in [9.17, 15) is 9.59 Å². The van der Waals surface area contributed by atoms with Crippen molar-refractivity contribution in [2.24, 2.45) is 0 Å². The van der Waals surface area contributed by atoms with Crippen molar-refractivity contribution in [3.63, 3.8) is 0 Å². The highest BCUT2D eigenvalue weighted by Crippen LogP contribution is 2.31. The number of benzene rings is 2. The van der Waals surface area contributed by atoms with Gasteiger partial charge in [0.2, 0.25) is 5.43 Å². The molecule has 0 saturated carbocycles. The van der Waals surface area contributed by atoms with E-state index < -0.39 is 6.09 Å². The van der Waals surface area contributed by atoms with Crippen LogP contribution in [0.3, 0.4) is 0 Å². The third-order valence-corrected chi connectivity index (χ3v) is 4.01. The molecule has 0 aliphatic heterocycles. The van der Waals surface area contributed by atoms with Gasteiger partial charge in [0, 0.05) is 26.2 Å². The van der Waals surface area contributed by atoms with Crippen LogP contribution in [0.2, 0.25) is 0 Å². The zero-order valence-corrected chi connectivity index (χ0v) is 15.4. The molecule has 1 amide bonds. The lowest BCUT2D eigenvalue weighted by Crippen LogP contribution is -2.25. The summed E-state index contributed by atoms with van der Waals surface area (Å²) >= 11 is 0. The Kier molecular flexibility index (Phi) is 5.03. The van der Waals surface area contributed by atoms with Crippen LogP contribution in [0.1, 0.15) is 0 Å². The number of rotatable bonds is 4. The summed E-state index contributed by atoms with van der Waals surface area (Å²) in [5.74, 6) is 1.17. The maximum Gasteiger partial charge on any atom is 0.414 e. The second-order valence-electron chi connectivity index (χ2n) is 5.97. The number of hydrogen-bond acceptors (Lipinski definition) is 6. The van der Waals surface area contributed by atoms with Crippen molar-refractivity contribution in [2.75, 3.05) is 28.3 Å². The smallest absolute Gasteiger partial charge is 0.414 e. The molecule has 0 aliphatic carbocycles. The van der Waals surface area contributed by atoms with E-state index in [4.69, 9.17) is 18.6 Å². The van der Waals surface area contributed by atoms with Gasteiger partial charge < -0.3 is 23.5 Å². The molecular formula is C20H19NO6. The average molecular weight is 369 g/mol. The highest BCUT2D eigenvalue weighted by Gasteiger charge is 2.17. The maximum absolute atomic E-state index is 13.0. The highest BCUT2D eigenvalue weighted by atomic mass is 16.6. The topological polar surface area (TPSA) is 78.2 Å². The molecule has 3 rings (SSSR count). The lowest BCUT2D eigenvalue weighted by molar-refractivity contribution is 0.172. The number of ether oxygens (including phenoxy) is 3.